The van der Waals surface area contributed by atoms with Gasteiger partial charge in [-0.15, -0.1) is 6.58 Å². The fraction of sp³-hybridized carbons (Fsp3) is 0.250. The van der Waals surface area contributed by atoms with Gasteiger partial charge in [0.1, 0.15) is 12.1 Å². The molecule has 1 saturated heterocycles. The molecule has 126 valence electrons. The zero-order valence-corrected chi connectivity index (χ0v) is 13.2. The summed E-state index contributed by atoms with van der Waals surface area (Å²) in [6, 6.07) is 7.31. The zero-order chi connectivity index (χ0) is 17.7. The number of rotatable bonds is 5. The Morgan fingerprint density at radius 1 is 1.29 bits per heavy atom. The predicted octanol–water partition coefficient (Wildman–Crippen LogP) is 0.465. The molecule has 0 bridgehead atoms. The van der Waals surface area contributed by atoms with Crippen molar-refractivity contribution in [1.82, 2.24) is 20.9 Å². The van der Waals surface area contributed by atoms with Gasteiger partial charge in [0.25, 0.3) is 5.91 Å². The van der Waals surface area contributed by atoms with Gasteiger partial charge in [-0.1, -0.05) is 36.4 Å². The lowest BCUT2D eigenvalue weighted by atomic mass is 9.92. The Hall–Kier alpha value is -3.16. The largest absolute Gasteiger partial charge is 0.334 e. The fourth-order valence-corrected chi connectivity index (χ4v) is 2.33. The summed E-state index contributed by atoms with van der Waals surface area (Å²) in [5, 5.41) is 6.98. The first kappa shape index (κ1) is 17.2. The Labute approximate surface area is 138 Å². The lowest BCUT2D eigenvalue weighted by Gasteiger charge is -2.22. The lowest BCUT2D eigenvalue weighted by molar-refractivity contribution is -0.134. The first-order valence-corrected chi connectivity index (χ1v) is 7.26. The summed E-state index contributed by atoms with van der Waals surface area (Å²) in [7, 11) is 0. The molecule has 1 aromatic carbocycles. The van der Waals surface area contributed by atoms with E-state index in [1.165, 1.54) is 6.08 Å². The van der Waals surface area contributed by atoms with Crippen molar-refractivity contribution in [2.45, 2.75) is 12.5 Å². The van der Waals surface area contributed by atoms with E-state index in [0.717, 1.165) is 4.90 Å². The molecular weight excluding hydrogens is 312 g/mol. The standard InChI is InChI=1S/C16H18N4O4/c1-3-9-17-14(23)18-12(21)10-20-13(22)16(2,19-15(20)24)11-7-5-4-6-8-11/h3-8H,1,9-10H2,2H3,(H,19,24)(H2,17,18,21,23)/t16-/m0/s1. The van der Waals surface area contributed by atoms with E-state index in [9.17, 15) is 19.2 Å². The highest BCUT2D eigenvalue weighted by Crippen LogP contribution is 2.28. The van der Waals surface area contributed by atoms with Gasteiger partial charge in [0.05, 0.1) is 0 Å². The van der Waals surface area contributed by atoms with Crippen LogP contribution in [0.15, 0.2) is 43.0 Å². The monoisotopic (exact) mass is 330 g/mol. The van der Waals surface area contributed by atoms with Crippen LogP contribution >= 0.6 is 0 Å². The third-order valence-corrected chi connectivity index (χ3v) is 3.59. The number of nitrogens with zero attached hydrogens (tertiary/aromatic N) is 1. The maximum absolute atomic E-state index is 12.6. The van der Waals surface area contributed by atoms with Crippen LogP contribution in [0.1, 0.15) is 12.5 Å². The van der Waals surface area contributed by atoms with E-state index in [-0.39, 0.29) is 6.54 Å². The van der Waals surface area contributed by atoms with Crippen LogP contribution < -0.4 is 16.0 Å². The van der Waals surface area contributed by atoms with Gasteiger partial charge < -0.3 is 10.6 Å². The molecule has 0 saturated carbocycles. The molecule has 8 nitrogen and oxygen atoms in total. The van der Waals surface area contributed by atoms with E-state index in [1.807, 2.05) is 5.32 Å². The number of imide groups is 2. The molecule has 1 aliphatic heterocycles. The number of amides is 6. The summed E-state index contributed by atoms with van der Waals surface area (Å²) in [5.41, 5.74) is -0.640. The van der Waals surface area contributed by atoms with E-state index < -0.39 is 36.0 Å². The Morgan fingerprint density at radius 2 is 1.96 bits per heavy atom. The molecule has 1 aromatic rings. The second-order valence-corrected chi connectivity index (χ2v) is 5.36. The number of hydrogen-bond acceptors (Lipinski definition) is 4. The highest BCUT2D eigenvalue weighted by Gasteiger charge is 2.49. The second kappa shape index (κ2) is 6.95. The fourth-order valence-electron chi connectivity index (χ4n) is 2.33. The number of nitrogens with one attached hydrogen (secondary N) is 3. The molecule has 24 heavy (non-hydrogen) atoms. The predicted molar refractivity (Wildman–Crippen MR) is 85.8 cm³/mol. The molecule has 0 radical (unpaired) electrons. The molecule has 3 N–H and O–H groups in total. The SMILES string of the molecule is C=CCNC(=O)NC(=O)CN1C(=O)N[C@@](C)(c2ccccc2)C1=O. The minimum absolute atomic E-state index is 0.189. The van der Waals surface area contributed by atoms with Crippen molar-refractivity contribution in [2.24, 2.45) is 0 Å². The van der Waals surface area contributed by atoms with E-state index in [2.05, 4.69) is 17.2 Å². The molecule has 2 rings (SSSR count). The lowest BCUT2D eigenvalue weighted by Crippen LogP contribution is -2.46. The number of hydrogen-bond donors (Lipinski definition) is 3. The van der Waals surface area contributed by atoms with Crippen LogP contribution in [-0.2, 0) is 15.1 Å². The summed E-state index contributed by atoms with van der Waals surface area (Å²) in [6.07, 6.45) is 1.45. The zero-order valence-electron chi connectivity index (χ0n) is 13.2. The van der Waals surface area contributed by atoms with Crippen molar-refractivity contribution >= 4 is 23.9 Å². The molecule has 1 aliphatic rings. The first-order valence-electron chi connectivity index (χ1n) is 7.26. The third kappa shape index (κ3) is 3.43. The van der Waals surface area contributed by atoms with Gasteiger partial charge in [-0.05, 0) is 12.5 Å². The first-order chi connectivity index (χ1) is 11.4. The average Bonchev–Trinajstić information content (AvgIpc) is 2.78. The van der Waals surface area contributed by atoms with Crippen LogP contribution in [0.5, 0.6) is 0 Å². The number of carbonyl (C=O) groups excluding carboxylic acids is 4. The molecule has 0 aliphatic carbocycles. The van der Waals surface area contributed by atoms with Crippen molar-refractivity contribution in [3.05, 3.63) is 48.6 Å². The number of carbonyl (C=O) groups is 4. The van der Waals surface area contributed by atoms with Gasteiger partial charge in [-0.25, -0.2) is 9.59 Å². The van der Waals surface area contributed by atoms with Gasteiger partial charge in [0.15, 0.2) is 0 Å². The molecule has 8 heteroatoms. The molecular formula is C16H18N4O4. The third-order valence-electron chi connectivity index (χ3n) is 3.59. The van der Waals surface area contributed by atoms with Crippen LogP contribution in [0, 0.1) is 0 Å². The van der Waals surface area contributed by atoms with Crippen molar-refractivity contribution in [2.75, 3.05) is 13.1 Å². The normalized spacial score (nSPS) is 19.6. The van der Waals surface area contributed by atoms with Crippen molar-refractivity contribution in [1.29, 1.82) is 0 Å². The average molecular weight is 330 g/mol. The van der Waals surface area contributed by atoms with Crippen LogP contribution in [0.2, 0.25) is 0 Å². The highest BCUT2D eigenvalue weighted by molar-refractivity contribution is 6.10. The quantitative estimate of drug-likeness (QED) is 0.538. The Balaban J connectivity index is 2.06. The van der Waals surface area contributed by atoms with Crippen molar-refractivity contribution in [3.63, 3.8) is 0 Å². The van der Waals surface area contributed by atoms with Crippen molar-refractivity contribution in [3.8, 4) is 0 Å². The topological polar surface area (TPSA) is 108 Å². The summed E-state index contributed by atoms with van der Waals surface area (Å²) in [6.45, 7) is 4.63. The van der Waals surface area contributed by atoms with Crippen LogP contribution in [0.3, 0.4) is 0 Å². The van der Waals surface area contributed by atoms with E-state index in [4.69, 9.17) is 0 Å². The highest BCUT2D eigenvalue weighted by atomic mass is 16.2. The van der Waals surface area contributed by atoms with Gasteiger partial charge >= 0.3 is 12.1 Å². The summed E-state index contributed by atoms with van der Waals surface area (Å²) >= 11 is 0. The number of benzene rings is 1. The Morgan fingerprint density at radius 3 is 2.58 bits per heavy atom. The Kier molecular flexibility index (Phi) is 4.98. The van der Waals surface area contributed by atoms with Gasteiger partial charge in [0.2, 0.25) is 5.91 Å². The molecule has 1 heterocycles. The molecule has 0 unspecified atom stereocenters. The van der Waals surface area contributed by atoms with Crippen molar-refractivity contribution < 1.29 is 19.2 Å². The van der Waals surface area contributed by atoms with Gasteiger partial charge in [-0.2, -0.15) is 0 Å². The second-order valence-electron chi connectivity index (χ2n) is 5.36. The molecule has 1 fully saturated rings. The van der Waals surface area contributed by atoms with Gasteiger partial charge in [-0.3, -0.25) is 19.8 Å². The van der Waals surface area contributed by atoms with E-state index >= 15 is 0 Å². The van der Waals surface area contributed by atoms with Crippen LogP contribution in [0.25, 0.3) is 0 Å². The maximum Gasteiger partial charge on any atom is 0.325 e. The van der Waals surface area contributed by atoms with E-state index in [1.54, 1.807) is 37.3 Å². The smallest absolute Gasteiger partial charge is 0.325 e. The molecule has 1 atom stereocenters. The molecule has 0 aromatic heterocycles. The Bertz CT molecular complexity index is 689. The summed E-state index contributed by atoms with van der Waals surface area (Å²) < 4.78 is 0. The molecule has 6 amide bonds. The minimum Gasteiger partial charge on any atom is -0.334 e. The van der Waals surface area contributed by atoms with Gasteiger partial charge in [0, 0.05) is 6.54 Å². The van der Waals surface area contributed by atoms with E-state index in [0.29, 0.717) is 5.56 Å². The molecule has 0 spiro atoms. The maximum atomic E-state index is 12.6. The van der Waals surface area contributed by atoms with Crippen LogP contribution in [0.4, 0.5) is 9.59 Å². The number of urea groups is 2. The summed E-state index contributed by atoms with van der Waals surface area (Å²) in [4.78, 5) is 48.7. The minimum atomic E-state index is -1.25. The van der Waals surface area contributed by atoms with Crippen LogP contribution in [-0.4, -0.2) is 41.9 Å². The summed E-state index contributed by atoms with van der Waals surface area (Å²) in [5.74, 6) is -1.32.